The molecule has 0 saturated heterocycles. The molecule has 4 rings (SSSR count). The Labute approximate surface area is 182 Å². The van der Waals surface area contributed by atoms with Crippen LogP contribution in [0.4, 0.5) is 5.69 Å². The molecule has 1 aliphatic rings. The van der Waals surface area contributed by atoms with E-state index >= 15 is 0 Å². The van der Waals surface area contributed by atoms with Crippen molar-refractivity contribution in [1.29, 1.82) is 0 Å². The van der Waals surface area contributed by atoms with Crippen molar-refractivity contribution in [3.8, 4) is 5.69 Å². The van der Waals surface area contributed by atoms with Gasteiger partial charge in [0, 0.05) is 35.7 Å². The number of aromatic nitrogens is 3. The minimum atomic E-state index is -0.489. The normalized spacial score (nSPS) is 13.0. The van der Waals surface area contributed by atoms with Crippen molar-refractivity contribution in [2.45, 2.75) is 18.8 Å². The molecule has 0 bridgehead atoms. The Bertz CT molecular complexity index is 1090. The highest BCUT2D eigenvalue weighted by atomic mass is 79.9. The van der Waals surface area contributed by atoms with E-state index in [1.54, 1.807) is 22.9 Å². The van der Waals surface area contributed by atoms with E-state index in [4.69, 9.17) is 0 Å². The first kappa shape index (κ1) is 20.1. The molecule has 0 radical (unpaired) electrons. The smallest absolute Gasteiger partial charge is 0.292 e. The van der Waals surface area contributed by atoms with Gasteiger partial charge < -0.3 is 4.90 Å². The van der Waals surface area contributed by atoms with Gasteiger partial charge in [0.25, 0.3) is 11.8 Å². The first-order valence-corrected chi connectivity index (χ1v) is 10.3. The summed E-state index contributed by atoms with van der Waals surface area (Å²) in [5.41, 5.74) is 8.09. The van der Waals surface area contributed by atoms with Gasteiger partial charge in [0.05, 0.1) is 11.4 Å². The number of benzene rings is 2. The fourth-order valence-corrected chi connectivity index (χ4v) is 3.38. The molecule has 0 unspecified atom stereocenters. The highest BCUT2D eigenvalue weighted by Gasteiger charge is 2.34. The van der Waals surface area contributed by atoms with Crippen molar-refractivity contribution in [2.75, 3.05) is 19.0 Å². The summed E-state index contributed by atoms with van der Waals surface area (Å²) in [6.45, 7) is 0. The molecule has 154 valence electrons. The number of rotatable bonds is 5. The van der Waals surface area contributed by atoms with Crippen LogP contribution in [0.5, 0.6) is 0 Å². The Kier molecular flexibility index (Phi) is 5.54. The molecular formula is C21H21BrN6O2. The molecule has 0 spiro atoms. The molecule has 1 saturated carbocycles. The number of nitrogens with one attached hydrogen (secondary N) is 2. The van der Waals surface area contributed by atoms with Crippen LogP contribution >= 0.6 is 15.9 Å². The number of halogens is 1. The van der Waals surface area contributed by atoms with Crippen molar-refractivity contribution in [2.24, 2.45) is 0 Å². The van der Waals surface area contributed by atoms with Gasteiger partial charge in [-0.05, 0) is 55.3 Å². The van der Waals surface area contributed by atoms with E-state index in [-0.39, 0.29) is 11.6 Å². The lowest BCUT2D eigenvalue weighted by Crippen LogP contribution is -2.42. The zero-order valence-electron chi connectivity index (χ0n) is 16.6. The van der Waals surface area contributed by atoms with Crippen LogP contribution in [0.2, 0.25) is 0 Å². The van der Waals surface area contributed by atoms with E-state index in [9.17, 15) is 9.59 Å². The molecule has 3 aromatic rings. The minimum Gasteiger partial charge on any atom is -0.378 e. The second-order valence-corrected chi connectivity index (χ2v) is 8.25. The van der Waals surface area contributed by atoms with Gasteiger partial charge in [-0.2, -0.15) is 0 Å². The molecule has 30 heavy (non-hydrogen) atoms. The summed E-state index contributed by atoms with van der Waals surface area (Å²) in [4.78, 5) is 27.1. The van der Waals surface area contributed by atoms with Gasteiger partial charge in [0.15, 0.2) is 5.69 Å². The van der Waals surface area contributed by atoms with Crippen LogP contribution in [0.1, 0.15) is 45.3 Å². The number of carbonyl (C=O) groups is 2. The number of hydrogen-bond donors (Lipinski definition) is 2. The fraction of sp³-hybridized carbons (Fsp3) is 0.238. The van der Waals surface area contributed by atoms with Gasteiger partial charge in [0.1, 0.15) is 0 Å². The third-order valence-electron chi connectivity index (χ3n) is 4.87. The van der Waals surface area contributed by atoms with E-state index in [1.807, 2.05) is 49.3 Å². The molecule has 2 aromatic carbocycles. The Balaban J connectivity index is 1.51. The highest BCUT2D eigenvalue weighted by Crippen LogP contribution is 2.42. The summed E-state index contributed by atoms with van der Waals surface area (Å²) in [5, 5.41) is 8.28. The van der Waals surface area contributed by atoms with Gasteiger partial charge in [-0.25, -0.2) is 4.68 Å². The second kappa shape index (κ2) is 8.27. The molecule has 1 aliphatic carbocycles. The number of anilines is 1. The van der Waals surface area contributed by atoms with Gasteiger partial charge >= 0.3 is 0 Å². The Morgan fingerprint density at radius 2 is 1.77 bits per heavy atom. The summed E-state index contributed by atoms with van der Waals surface area (Å²) in [6.07, 6.45) is 1.96. The van der Waals surface area contributed by atoms with Crippen molar-refractivity contribution >= 4 is 33.4 Å². The molecule has 2 amide bonds. The Morgan fingerprint density at radius 3 is 2.43 bits per heavy atom. The van der Waals surface area contributed by atoms with Crippen LogP contribution in [0.15, 0.2) is 53.0 Å². The van der Waals surface area contributed by atoms with E-state index in [2.05, 4.69) is 37.1 Å². The van der Waals surface area contributed by atoms with E-state index in [1.165, 1.54) is 0 Å². The molecule has 8 nitrogen and oxygen atoms in total. The third kappa shape index (κ3) is 4.20. The predicted molar refractivity (Wildman–Crippen MR) is 117 cm³/mol. The van der Waals surface area contributed by atoms with Gasteiger partial charge in [-0.1, -0.05) is 27.2 Å². The van der Waals surface area contributed by atoms with Crippen molar-refractivity contribution in [3.63, 3.8) is 0 Å². The highest BCUT2D eigenvalue weighted by molar-refractivity contribution is 9.10. The van der Waals surface area contributed by atoms with Gasteiger partial charge in [-0.15, -0.1) is 5.10 Å². The minimum absolute atomic E-state index is 0.225. The molecule has 1 fully saturated rings. The molecular weight excluding hydrogens is 448 g/mol. The standard InChI is InChI=1S/C21H21BrN6O2/c1-27(2)17-5-3-4-14(12-17)20(29)24-25-21(30)18-19(13-6-7-13)28(26-23-18)16-10-8-15(22)9-11-16/h3-5,8-13H,6-7H2,1-2H3,(H,24,29)(H,25,30). The van der Waals surface area contributed by atoms with Crippen LogP contribution < -0.4 is 15.8 Å². The summed E-state index contributed by atoms with van der Waals surface area (Å²) in [7, 11) is 3.79. The van der Waals surface area contributed by atoms with Gasteiger partial charge in [0.2, 0.25) is 0 Å². The fourth-order valence-electron chi connectivity index (χ4n) is 3.12. The number of hydrazine groups is 1. The van der Waals surface area contributed by atoms with Crippen LogP contribution in [0.25, 0.3) is 5.69 Å². The van der Waals surface area contributed by atoms with E-state index in [0.717, 1.165) is 34.4 Å². The zero-order valence-corrected chi connectivity index (χ0v) is 18.2. The summed E-state index contributed by atoms with van der Waals surface area (Å²) >= 11 is 3.42. The second-order valence-electron chi connectivity index (χ2n) is 7.34. The topological polar surface area (TPSA) is 92.2 Å². The van der Waals surface area contributed by atoms with Crippen LogP contribution in [-0.4, -0.2) is 40.9 Å². The molecule has 0 aliphatic heterocycles. The Hall–Kier alpha value is -3.20. The maximum Gasteiger partial charge on any atom is 0.292 e. The number of hydrogen-bond acceptors (Lipinski definition) is 5. The van der Waals surface area contributed by atoms with Crippen LogP contribution in [0, 0.1) is 0 Å². The molecule has 2 N–H and O–H groups in total. The average molecular weight is 469 g/mol. The number of nitrogens with zero attached hydrogens (tertiary/aromatic N) is 4. The predicted octanol–water partition coefficient (Wildman–Crippen LogP) is 3.05. The van der Waals surface area contributed by atoms with Gasteiger partial charge in [-0.3, -0.25) is 20.4 Å². The summed E-state index contributed by atoms with van der Waals surface area (Å²) < 4.78 is 2.65. The summed E-state index contributed by atoms with van der Waals surface area (Å²) in [6, 6.07) is 14.8. The molecule has 1 aromatic heterocycles. The molecule has 1 heterocycles. The monoisotopic (exact) mass is 468 g/mol. The zero-order chi connectivity index (χ0) is 21.3. The van der Waals surface area contributed by atoms with E-state index < -0.39 is 11.8 Å². The average Bonchev–Trinajstić information content (AvgIpc) is 3.50. The quantitative estimate of drug-likeness (QED) is 0.561. The first-order chi connectivity index (χ1) is 14.4. The largest absolute Gasteiger partial charge is 0.378 e. The van der Waals surface area contributed by atoms with E-state index in [0.29, 0.717) is 5.56 Å². The number of amides is 2. The third-order valence-corrected chi connectivity index (χ3v) is 5.40. The van der Waals surface area contributed by atoms with Crippen molar-refractivity contribution in [3.05, 3.63) is 70.0 Å². The van der Waals surface area contributed by atoms with Crippen molar-refractivity contribution < 1.29 is 9.59 Å². The maximum atomic E-state index is 12.8. The lowest BCUT2D eigenvalue weighted by atomic mass is 10.2. The first-order valence-electron chi connectivity index (χ1n) is 9.53. The lowest BCUT2D eigenvalue weighted by molar-refractivity contribution is 0.0843. The van der Waals surface area contributed by atoms with Crippen LogP contribution in [-0.2, 0) is 0 Å². The molecule has 0 atom stereocenters. The van der Waals surface area contributed by atoms with Crippen molar-refractivity contribution in [1.82, 2.24) is 25.8 Å². The SMILES string of the molecule is CN(C)c1cccc(C(=O)NNC(=O)c2nnn(-c3ccc(Br)cc3)c2C2CC2)c1. The molecule has 9 heteroatoms. The lowest BCUT2D eigenvalue weighted by Gasteiger charge is -2.13. The Morgan fingerprint density at radius 1 is 1.07 bits per heavy atom. The van der Waals surface area contributed by atoms with Crippen LogP contribution in [0.3, 0.4) is 0 Å². The summed E-state index contributed by atoms with van der Waals surface area (Å²) in [5.74, 6) is -0.658. The maximum absolute atomic E-state index is 12.8. The number of carbonyl (C=O) groups excluding carboxylic acids is 2.